The van der Waals surface area contributed by atoms with Gasteiger partial charge in [0, 0.05) is 19.3 Å². The number of anilines is 1. The number of carbonyl (C=O) groups is 2. The van der Waals surface area contributed by atoms with Gasteiger partial charge in [-0.15, -0.1) is 0 Å². The van der Waals surface area contributed by atoms with Crippen molar-refractivity contribution in [1.29, 1.82) is 0 Å². The van der Waals surface area contributed by atoms with Crippen LogP contribution >= 0.6 is 0 Å². The summed E-state index contributed by atoms with van der Waals surface area (Å²) >= 11 is 0. The topological polar surface area (TPSA) is 119 Å². The molecule has 3 aliphatic carbocycles. The van der Waals surface area contributed by atoms with Crippen molar-refractivity contribution in [3.63, 3.8) is 0 Å². The molecule has 3 saturated carbocycles. The molecule has 3 heterocycles. The number of aromatic carboxylic acids is 1. The second-order valence-corrected chi connectivity index (χ2v) is 12.4. The SMILES string of the molecule is COc1c(CC(NC(=O)c2ccc(N3CCOCC3)nc2)B2OC3CC4CC(C4(C)C)C3(C)O2)cccc1C(=O)O. The molecule has 2 N–H and O–H groups in total. The van der Waals surface area contributed by atoms with Gasteiger partial charge in [-0.2, -0.15) is 0 Å². The van der Waals surface area contributed by atoms with Crippen LogP contribution in [0.15, 0.2) is 36.5 Å². The smallest absolute Gasteiger partial charge is 0.482 e. The lowest BCUT2D eigenvalue weighted by Crippen LogP contribution is -2.65. The lowest BCUT2D eigenvalue weighted by Gasteiger charge is -2.64. The number of hydrogen-bond donors (Lipinski definition) is 2. The van der Waals surface area contributed by atoms with Gasteiger partial charge in [0.1, 0.15) is 17.1 Å². The van der Waals surface area contributed by atoms with Gasteiger partial charge in [-0.25, -0.2) is 9.78 Å². The summed E-state index contributed by atoms with van der Waals surface area (Å²) in [5.41, 5.74) is 0.850. The van der Waals surface area contributed by atoms with Gasteiger partial charge in [0.2, 0.25) is 0 Å². The molecule has 0 radical (unpaired) electrons. The van der Waals surface area contributed by atoms with Crippen molar-refractivity contribution in [2.75, 3.05) is 38.3 Å². The van der Waals surface area contributed by atoms with E-state index in [2.05, 4.69) is 36.0 Å². The summed E-state index contributed by atoms with van der Waals surface area (Å²) in [7, 11) is 0.747. The van der Waals surface area contributed by atoms with Crippen LogP contribution < -0.4 is 15.0 Å². The zero-order chi connectivity index (χ0) is 28.9. The molecule has 7 rings (SSSR count). The molecular weight excluding hydrogens is 525 g/mol. The van der Waals surface area contributed by atoms with Crippen molar-refractivity contribution in [3.8, 4) is 5.75 Å². The van der Waals surface area contributed by atoms with Crippen LogP contribution in [-0.2, 0) is 20.5 Å². The maximum Gasteiger partial charge on any atom is 0.482 e. The van der Waals surface area contributed by atoms with Crippen molar-refractivity contribution >= 4 is 24.8 Å². The summed E-state index contributed by atoms with van der Waals surface area (Å²) in [6.07, 6.45) is 3.81. The monoisotopic (exact) mass is 563 g/mol. The van der Waals surface area contributed by atoms with E-state index in [4.69, 9.17) is 18.8 Å². The molecular formula is C30H38BN3O7. The van der Waals surface area contributed by atoms with Gasteiger partial charge < -0.3 is 34.1 Å². The normalized spacial score (nSPS) is 28.8. The first-order chi connectivity index (χ1) is 19.6. The maximum absolute atomic E-state index is 13.6. The Morgan fingerprint density at radius 2 is 1.98 bits per heavy atom. The fourth-order valence-corrected chi connectivity index (χ4v) is 7.43. The van der Waals surface area contributed by atoms with Crippen molar-refractivity contribution < 1.29 is 33.5 Å². The maximum atomic E-state index is 13.6. The molecule has 2 aliphatic heterocycles. The number of morpholine rings is 1. The van der Waals surface area contributed by atoms with Gasteiger partial charge in [-0.3, -0.25) is 4.79 Å². The Kier molecular flexibility index (Phi) is 7.24. The third kappa shape index (κ3) is 4.87. The molecule has 2 aromatic rings. The van der Waals surface area contributed by atoms with E-state index < -0.39 is 24.6 Å². The van der Waals surface area contributed by atoms with E-state index in [-0.39, 0.29) is 35.2 Å². The van der Waals surface area contributed by atoms with Crippen LogP contribution in [0.25, 0.3) is 0 Å². The van der Waals surface area contributed by atoms with Gasteiger partial charge in [-0.1, -0.05) is 26.0 Å². The van der Waals surface area contributed by atoms with E-state index in [1.807, 2.05) is 12.1 Å². The summed E-state index contributed by atoms with van der Waals surface area (Å²) in [6.45, 7) is 9.56. The van der Waals surface area contributed by atoms with Gasteiger partial charge in [-0.05, 0) is 67.2 Å². The largest absolute Gasteiger partial charge is 0.496 e. The van der Waals surface area contributed by atoms with Crippen LogP contribution in [0.3, 0.4) is 0 Å². The minimum Gasteiger partial charge on any atom is -0.496 e. The summed E-state index contributed by atoms with van der Waals surface area (Å²) in [5, 5.41) is 12.9. The standard InChI is InChI=1S/C30H38BN3O7/c1-29(2)20-15-22(29)30(3)23(16-20)40-31(41-30)24(14-18-6-5-7-21(28(36)37)26(18)38-4)33-27(35)19-8-9-25(32-17-19)34-10-12-39-13-11-34/h5-9,17,20,22-24H,10-16H2,1-4H3,(H,33,35)(H,36,37). The lowest BCUT2D eigenvalue weighted by atomic mass is 9.43. The Bertz CT molecular complexity index is 1320. The number of benzene rings is 1. The van der Waals surface area contributed by atoms with Crippen LogP contribution in [-0.4, -0.2) is 80.1 Å². The van der Waals surface area contributed by atoms with E-state index in [1.165, 1.54) is 13.2 Å². The number of ether oxygens (including phenoxy) is 2. The quantitative estimate of drug-likeness (QED) is 0.467. The van der Waals surface area contributed by atoms with E-state index in [0.29, 0.717) is 36.2 Å². The average molecular weight is 563 g/mol. The van der Waals surface area contributed by atoms with Gasteiger partial charge >= 0.3 is 13.1 Å². The zero-order valence-electron chi connectivity index (χ0n) is 24.1. The third-order valence-corrected chi connectivity index (χ3v) is 9.93. The summed E-state index contributed by atoms with van der Waals surface area (Å²) in [4.78, 5) is 32.1. The fourth-order valence-electron chi connectivity index (χ4n) is 7.43. The van der Waals surface area contributed by atoms with E-state index in [1.54, 1.807) is 18.3 Å². The van der Waals surface area contributed by atoms with Crippen LogP contribution in [0.5, 0.6) is 5.75 Å². The molecule has 1 aromatic heterocycles. The first-order valence-electron chi connectivity index (χ1n) is 14.4. The number of hydrogen-bond acceptors (Lipinski definition) is 8. The van der Waals surface area contributed by atoms with Gasteiger partial charge in [0.25, 0.3) is 5.91 Å². The highest BCUT2D eigenvalue weighted by molar-refractivity contribution is 6.48. The molecule has 11 heteroatoms. The minimum absolute atomic E-state index is 0.0643. The van der Waals surface area contributed by atoms with E-state index >= 15 is 0 Å². The molecule has 10 nitrogen and oxygen atoms in total. The number of aromatic nitrogens is 1. The first-order valence-corrected chi connectivity index (χ1v) is 14.4. The van der Waals surface area contributed by atoms with E-state index in [0.717, 1.165) is 31.7 Å². The predicted octanol–water partition coefficient (Wildman–Crippen LogP) is 3.23. The Morgan fingerprint density at radius 3 is 2.63 bits per heavy atom. The number of carbonyl (C=O) groups excluding carboxylic acids is 1. The van der Waals surface area contributed by atoms with Crippen molar-refractivity contribution in [1.82, 2.24) is 10.3 Å². The molecule has 0 spiro atoms. The van der Waals surface area contributed by atoms with Crippen LogP contribution in [0, 0.1) is 17.3 Å². The summed E-state index contributed by atoms with van der Waals surface area (Å²) in [6, 6.07) is 8.62. The number of rotatable bonds is 8. The molecule has 5 fully saturated rings. The molecule has 41 heavy (non-hydrogen) atoms. The number of para-hydroxylation sites is 1. The highest BCUT2D eigenvalue weighted by Gasteiger charge is 2.68. The highest BCUT2D eigenvalue weighted by Crippen LogP contribution is 2.65. The fraction of sp³-hybridized carbons (Fsp3) is 0.567. The number of methoxy groups -OCH3 is 1. The second-order valence-electron chi connectivity index (χ2n) is 12.4. The van der Waals surface area contributed by atoms with Crippen LogP contribution in [0.2, 0.25) is 0 Å². The summed E-state index contributed by atoms with van der Waals surface area (Å²) in [5.74, 6) is 0.0395. The molecule has 1 aromatic carbocycles. The number of carboxylic acid groups (broad SMARTS) is 1. The molecule has 5 aliphatic rings. The zero-order valence-corrected chi connectivity index (χ0v) is 24.1. The number of pyridine rings is 1. The minimum atomic E-state index is -1.08. The third-order valence-electron chi connectivity index (χ3n) is 9.93. The average Bonchev–Trinajstić information content (AvgIpc) is 3.34. The Labute approximate surface area is 240 Å². The van der Waals surface area contributed by atoms with Crippen LogP contribution in [0.4, 0.5) is 5.82 Å². The van der Waals surface area contributed by atoms with Crippen LogP contribution in [0.1, 0.15) is 59.9 Å². The second kappa shape index (κ2) is 10.6. The predicted molar refractivity (Wildman–Crippen MR) is 152 cm³/mol. The van der Waals surface area contributed by atoms with Gasteiger partial charge in [0.05, 0.1) is 43.5 Å². The van der Waals surface area contributed by atoms with Crippen molar-refractivity contribution in [2.45, 2.75) is 57.7 Å². The molecule has 1 amide bonds. The van der Waals surface area contributed by atoms with E-state index in [9.17, 15) is 14.7 Å². The molecule has 2 bridgehead atoms. The number of nitrogens with one attached hydrogen (secondary N) is 1. The molecule has 218 valence electrons. The number of nitrogens with zero attached hydrogens (tertiary/aromatic N) is 2. The Balaban J connectivity index is 1.26. The molecule has 5 atom stereocenters. The van der Waals surface area contributed by atoms with Crippen molar-refractivity contribution in [2.24, 2.45) is 17.3 Å². The van der Waals surface area contributed by atoms with Gasteiger partial charge in [0.15, 0.2) is 0 Å². The molecule has 2 saturated heterocycles. The molecule has 5 unspecified atom stereocenters. The Hall–Kier alpha value is -3.15. The highest BCUT2D eigenvalue weighted by atomic mass is 16.7. The number of amides is 1. The first kappa shape index (κ1) is 28.0. The number of carboxylic acids is 1. The summed E-state index contributed by atoms with van der Waals surface area (Å²) < 4.78 is 24.2. The van der Waals surface area contributed by atoms with Crippen molar-refractivity contribution in [3.05, 3.63) is 53.2 Å². The Morgan fingerprint density at radius 1 is 1.20 bits per heavy atom. The lowest BCUT2D eigenvalue weighted by molar-refractivity contribution is -0.199.